The molecule has 64 heavy (non-hydrogen) atoms. The van der Waals surface area contributed by atoms with Gasteiger partial charge in [0.1, 0.15) is 6.61 Å². The van der Waals surface area contributed by atoms with Gasteiger partial charge in [-0.05, 0) is 109 Å². The number of carbonyl (C=O) groups excluding carboxylic acids is 2. The number of esters is 2. The molecule has 0 aromatic carbocycles. The molecular weight excluding hydrogens is 789 g/mol. The van der Waals surface area contributed by atoms with Crippen LogP contribution in [0.5, 0.6) is 0 Å². The van der Waals surface area contributed by atoms with E-state index in [-0.39, 0.29) is 25.2 Å². The van der Waals surface area contributed by atoms with Gasteiger partial charge in [0, 0.05) is 19.4 Å². The second-order valence-corrected chi connectivity index (χ2v) is 17.7. The van der Waals surface area contributed by atoms with E-state index >= 15 is 0 Å². The summed E-state index contributed by atoms with van der Waals surface area (Å²) in [7, 11) is 0. The molecule has 0 N–H and O–H groups in total. The Labute approximate surface area is 397 Å². The fraction of sp³-hybridized carbons (Fsp3) is 0.729. The van der Waals surface area contributed by atoms with E-state index in [2.05, 4.69) is 106 Å². The lowest BCUT2D eigenvalue weighted by molar-refractivity contribution is -0.163. The summed E-state index contributed by atoms with van der Waals surface area (Å²) in [5.74, 6) is -0.427. The van der Waals surface area contributed by atoms with Crippen molar-refractivity contribution in [2.75, 3.05) is 19.8 Å². The summed E-state index contributed by atoms with van der Waals surface area (Å²) >= 11 is 0. The molecule has 5 nitrogen and oxygen atoms in total. The van der Waals surface area contributed by atoms with Crippen LogP contribution in [0.3, 0.4) is 0 Å². The van der Waals surface area contributed by atoms with E-state index in [1.54, 1.807) is 0 Å². The monoisotopic (exact) mass is 891 g/mol. The van der Waals surface area contributed by atoms with Gasteiger partial charge in [0.05, 0.1) is 6.61 Å². The van der Waals surface area contributed by atoms with Crippen molar-refractivity contribution < 1.29 is 23.8 Å². The molecule has 0 fully saturated rings. The van der Waals surface area contributed by atoms with Crippen molar-refractivity contribution in [2.24, 2.45) is 0 Å². The molecule has 0 amide bonds. The number of rotatable bonds is 49. The molecule has 0 aromatic rings. The maximum atomic E-state index is 12.8. The summed E-state index contributed by atoms with van der Waals surface area (Å²) < 4.78 is 17.4. The molecule has 0 spiro atoms. The third-order valence-electron chi connectivity index (χ3n) is 11.4. The summed E-state index contributed by atoms with van der Waals surface area (Å²) in [6, 6.07) is 0. The van der Waals surface area contributed by atoms with Gasteiger partial charge in [-0.25, -0.2) is 0 Å². The minimum Gasteiger partial charge on any atom is -0.462 e. The lowest BCUT2D eigenvalue weighted by Crippen LogP contribution is -2.30. The third-order valence-corrected chi connectivity index (χ3v) is 11.4. The number of ether oxygens (including phenoxy) is 3. The second kappa shape index (κ2) is 54.4. The summed E-state index contributed by atoms with van der Waals surface area (Å²) in [5, 5.41) is 0. The average Bonchev–Trinajstić information content (AvgIpc) is 3.30. The van der Waals surface area contributed by atoms with Crippen LogP contribution in [0.2, 0.25) is 0 Å². The van der Waals surface area contributed by atoms with E-state index in [4.69, 9.17) is 14.2 Å². The van der Waals surface area contributed by atoms with Crippen molar-refractivity contribution in [1.82, 2.24) is 0 Å². The number of unbranched alkanes of at least 4 members (excludes halogenated alkanes) is 24. The molecule has 5 heteroatoms. The van der Waals surface area contributed by atoms with E-state index < -0.39 is 6.10 Å². The highest BCUT2D eigenvalue weighted by Gasteiger charge is 2.17. The van der Waals surface area contributed by atoms with Crippen LogP contribution in [0.25, 0.3) is 0 Å². The minimum atomic E-state index is -0.556. The topological polar surface area (TPSA) is 61.8 Å². The van der Waals surface area contributed by atoms with E-state index in [0.717, 1.165) is 96.3 Å². The van der Waals surface area contributed by atoms with Crippen LogP contribution in [0.1, 0.15) is 252 Å². The minimum absolute atomic E-state index is 0.0672. The van der Waals surface area contributed by atoms with Gasteiger partial charge >= 0.3 is 11.9 Å². The maximum absolute atomic E-state index is 12.8. The molecule has 0 bridgehead atoms. The predicted octanol–water partition coefficient (Wildman–Crippen LogP) is 18.5. The van der Waals surface area contributed by atoms with Crippen LogP contribution in [0.15, 0.2) is 85.1 Å². The Balaban J connectivity index is 4.32. The normalized spacial score (nSPS) is 12.9. The molecule has 368 valence electrons. The molecule has 0 aliphatic heterocycles. The largest absolute Gasteiger partial charge is 0.462 e. The Morgan fingerprint density at radius 1 is 0.359 bits per heavy atom. The molecule has 1 unspecified atom stereocenters. The average molecular weight is 891 g/mol. The van der Waals surface area contributed by atoms with Gasteiger partial charge in [-0.3, -0.25) is 9.59 Å². The molecule has 0 radical (unpaired) electrons. The Hall–Kier alpha value is -2.92. The molecule has 0 saturated heterocycles. The highest BCUT2D eigenvalue weighted by atomic mass is 16.6. The third kappa shape index (κ3) is 51.7. The summed E-state index contributed by atoms with van der Waals surface area (Å²) in [6.07, 6.45) is 71.6. The van der Waals surface area contributed by atoms with E-state index in [1.165, 1.54) is 122 Å². The van der Waals surface area contributed by atoms with Crippen molar-refractivity contribution in [1.29, 1.82) is 0 Å². The van der Waals surface area contributed by atoms with Gasteiger partial charge in [-0.2, -0.15) is 0 Å². The number of carbonyl (C=O) groups is 2. The first-order valence-electron chi connectivity index (χ1n) is 27.1. The zero-order valence-corrected chi connectivity index (χ0v) is 42.3. The number of hydrogen-bond acceptors (Lipinski definition) is 5. The molecule has 0 rings (SSSR count). The zero-order valence-electron chi connectivity index (χ0n) is 42.3. The van der Waals surface area contributed by atoms with Crippen LogP contribution in [0, 0.1) is 0 Å². The van der Waals surface area contributed by atoms with Gasteiger partial charge in [0.2, 0.25) is 0 Å². The molecule has 0 saturated carbocycles. The quantitative estimate of drug-likeness (QED) is 0.0346. The number of allylic oxidation sites excluding steroid dienone is 14. The Morgan fingerprint density at radius 3 is 1.20 bits per heavy atom. The van der Waals surface area contributed by atoms with Gasteiger partial charge in [-0.15, -0.1) is 0 Å². The molecule has 0 aromatic heterocycles. The van der Waals surface area contributed by atoms with Crippen molar-refractivity contribution in [3.05, 3.63) is 85.1 Å². The zero-order chi connectivity index (χ0) is 46.3. The Kier molecular flexibility index (Phi) is 51.9. The van der Waals surface area contributed by atoms with Gasteiger partial charge in [-0.1, -0.05) is 215 Å². The first-order valence-corrected chi connectivity index (χ1v) is 27.1. The van der Waals surface area contributed by atoms with E-state index in [9.17, 15) is 9.59 Å². The lowest BCUT2D eigenvalue weighted by atomic mass is 10.1. The van der Waals surface area contributed by atoms with Crippen molar-refractivity contribution in [2.45, 2.75) is 258 Å². The van der Waals surface area contributed by atoms with Gasteiger partial charge < -0.3 is 14.2 Å². The summed E-state index contributed by atoms with van der Waals surface area (Å²) in [4.78, 5) is 25.5. The Bertz CT molecular complexity index is 1190. The molecule has 1 atom stereocenters. The fourth-order valence-electron chi connectivity index (χ4n) is 7.36. The van der Waals surface area contributed by atoms with Crippen molar-refractivity contribution in [3.63, 3.8) is 0 Å². The van der Waals surface area contributed by atoms with Gasteiger partial charge in [0.25, 0.3) is 0 Å². The highest BCUT2D eigenvalue weighted by molar-refractivity contribution is 5.70. The molecule has 0 heterocycles. The summed E-state index contributed by atoms with van der Waals surface area (Å²) in [5.41, 5.74) is 0. The number of hydrogen-bond donors (Lipinski definition) is 0. The first-order chi connectivity index (χ1) is 31.6. The highest BCUT2D eigenvalue weighted by Crippen LogP contribution is 2.14. The molecular formula is C59H102O5. The standard InChI is InChI=1S/C59H102O5/c1-4-7-10-13-16-19-22-25-28-29-30-31-33-34-37-40-43-46-49-52-58(60)63-56-57(55-62-54-51-48-45-42-39-36-27-24-21-18-15-12-9-6-3)64-59(61)53-50-47-44-41-38-35-32-26-23-20-17-14-11-8-5-2/h7,10,12,15-16,19,21,24-26,28,30-32,57H,4-6,8-9,11,13-14,17-18,20,22-23,27,29,33-56H2,1-3H3/b10-7-,15-12-,19-16-,24-21-,28-25-,31-30-,32-26-. The van der Waals surface area contributed by atoms with Crippen molar-refractivity contribution >= 4 is 11.9 Å². The second-order valence-electron chi connectivity index (χ2n) is 17.7. The first kappa shape index (κ1) is 61.1. The van der Waals surface area contributed by atoms with Crippen LogP contribution >= 0.6 is 0 Å². The molecule has 0 aliphatic carbocycles. The van der Waals surface area contributed by atoms with E-state index in [0.29, 0.717) is 19.4 Å². The van der Waals surface area contributed by atoms with Crippen LogP contribution in [-0.2, 0) is 23.8 Å². The Morgan fingerprint density at radius 2 is 0.734 bits per heavy atom. The molecule has 0 aliphatic rings. The smallest absolute Gasteiger partial charge is 0.306 e. The summed E-state index contributed by atoms with van der Waals surface area (Å²) in [6.45, 7) is 7.61. The lowest BCUT2D eigenvalue weighted by Gasteiger charge is -2.18. The van der Waals surface area contributed by atoms with E-state index in [1.807, 2.05) is 0 Å². The van der Waals surface area contributed by atoms with Crippen LogP contribution in [-0.4, -0.2) is 37.9 Å². The van der Waals surface area contributed by atoms with Crippen molar-refractivity contribution in [3.8, 4) is 0 Å². The van der Waals surface area contributed by atoms with Crippen LogP contribution in [0.4, 0.5) is 0 Å². The predicted molar refractivity (Wildman–Crippen MR) is 279 cm³/mol. The SMILES string of the molecule is CC/C=C\C/C=C\C/C=C\C/C=C\CCCCCCCCC(=O)OCC(COCCCCCCCC/C=C\C/C=C\CCC)OC(=O)CCCCCCC/C=C\CCCCCCCC. The fourth-order valence-corrected chi connectivity index (χ4v) is 7.36. The van der Waals surface area contributed by atoms with Crippen LogP contribution < -0.4 is 0 Å². The maximum Gasteiger partial charge on any atom is 0.306 e. The van der Waals surface area contributed by atoms with Gasteiger partial charge in [0.15, 0.2) is 6.10 Å².